The maximum Gasteiger partial charge on any atom is 0.0529 e. The van der Waals surface area contributed by atoms with Crippen LogP contribution in [0.1, 0.15) is 49.9 Å². The second-order valence-electron chi connectivity index (χ2n) is 18.6. The first-order valence-electron chi connectivity index (χ1n) is 22.0. The van der Waals surface area contributed by atoms with E-state index in [1.165, 1.54) is 121 Å². The second kappa shape index (κ2) is 13.2. The van der Waals surface area contributed by atoms with Crippen LogP contribution in [0.3, 0.4) is 0 Å². The molecule has 0 spiro atoms. The van der Waals surface area contributed by atoms with E-state index in [0.717, 1.165) is 0 Å². The Balaban J connectivity index is 1.23. The van der Waals surface area contributed by atoms with Crippen LogP contribution in [0.2, 0.25) is 0 Å². The van der Waals surface area contributed by atoms with Gasteiger partial charge in [-0.25, -0.2) is 0 Å². The fraction of sp³-hybridized carbons (Fsp3) is 0.133. The number of hydrogen-bond donors (Lipinski definition) is 0. The number of para-hydroxylation sites is 4. The summed E-state index contributed by atoms with van der Waals surface area (Å²) in [7, 11) is 4.49. The van der Waals surface area contributed by atoms with Gasteiger partial charge in [0.05, 0.1) is 11.4 Å². The van der Waals surface area contributed by atoms with Gasteiger partial charge in [-0.2, -0.15) is 0 Å². The van der Waals surface area contributed by atoms with Crippen LogP contribution < -0.4 is 9.80 Å². The van der Waals surface area contributed by atoms with E-state index >= 15 is 0 Å². The van der Waals surface area contributed by atoms with Crippen molar-refractivity contribution < 1.29 is 0 Å². The summed E-state index contributed by atoms with van der Waals surface area (Å²) in [4.78, 5) is 4.86. The number of nitrogens with zero attached hydrogens (tertiary/aromatic N) is 2. The third kappa shape index (κ3) is 4.98. The number of benzene rings is 10. The van der Waals surface area contributed by atoms with Crippen molar-refractivity contribution in [3.63, 3.8) is 0 Å². The lowest BCUT2D eigenvalue weighted by molar-refractivity contribution is 0.630. The van der Waals surface area contributed by atoms with Crippen molar-refractivity contribution in [1.82, 2.24) is 0 Å². The van der Waals surface area contributed by atoms with Gasteiger partial charge in [0.15, 0.2) is 0 Å². The van der Waals surface area contributed by atoms with Crippen LogP contribution in [0.4, 0.5) is 22.7 Å². The van der Waals surface area contributed by atoms with E-state index in [-0.39, 0.29) is 10.8 Å². The van der Waals surface area contributed by atoms with Crippen LogP contribution in [-0.2, 0) is 10.8 Å². The molecule has 298 valence electrons. The van der Waals surface area contributed by atoms with Gasteiger partial charge in [-0.05, 0) is 112 Å². The van der Waals surface area contributed by atoms with Crippen LogP contribution in [0, 0.1) is 0 Å². The molecule has 12 rings (SSSR count). The predicted molar refractivity (Wildman–Crippen MR) is 266 cm³/mol. The number of fused-ring (bicyclic) bond motifs is 8. The lowest BCUT2D eigenvalue weighted by atomic mass is 9.72. The molecule has 0 radical (unpaired) electrons. The fourth-order valence-corrected chi connectivity index (χ4v) is 11.6. The van der Waals surface area contributed by atoms with E-state index in [2.05, 4.69) is 234 Å². The minimum absolute atomic E-state index is 0.170. The monoisotopic (exact) mass is 796 g/mol. The zero-order valence-electron chi connectivity index (χ0n) is 36.2. The van der Waals surface area contributed by atoms with Gasteiger partial charge in [-0.3, -0.25) is 0 Å². The first-order chi connectivity index (χ1) is 30.1. The van der Waals surface area contributed by atoms with Crippen LogP contribution in [0.25, 0.3) is 76.5 Å². The van der Waals surface area contributed by atoms with Crippen molar-refractivity contribution in [3.8, 4) is 33.4 Å². The molecule has 0 aromatic heterocycles. The van der Waals surface area contributed by atoms with Crippen molar-refractivity contribution in [1.29, 1.82) is 0 Å². The molecule has 0 amide bonds. The summed E-state index contributed by atoms with van der Waals surface area (Å²) in [6.07, 6.45) is 0. The highest BCUT2D eigenvalue weighted by Gasteiger charge is 2.38. The Morgan fingerprint density at radius 3 is 1.15 bits per heavy atom. The Kier molecular flexibility index (Phi) is 7.79. The molecule has 2 heteroatoms. The molecule has 2 aliphatic rings. The number of rotatable bonds is 3. The molecule has 10 aromatic carbocycles. The van der Waals surface area contributed by atoms with E-state index in [1.807, 2.05) is 0 Å². The second-order valence-corrected chi connectivity index (χ2v) is 18.6. The highest BCUT2D eigenvalue weighted by molar-refractivity contribution is 6.26. The fourth-order valence-electron chi connectivity index (χ4n) is 11.6. The van der Waals surface area contributed by atoms with Gasteiger partial charge in [0.2, 0.25) is 0 Å². The summed E-state index contributed by atoms with van der Waals surface area (Å²) in [6, 6.07) is 68.6. The molecule has 2 heterocycles. The largest absolute Gasteiger partial charge is 0.344 e. The quantitative estimate of drug-likeness (QED) is 0.164. The van der Waals surface area contributed by atoms with Crippen molar-refractivity contribution in [2.45, 2.75) is 38.5 Å². The zero-order chi connectivity index (χ0) is 42.1. The molecular weight excluding hydrogens is 749 g/mol. The zero-order valence-corrected chi connectivity index (χ0v) is 36.2. The van der Waals surface area contributed by atoms with Gasteiger partial charge in [-0.15, -0.1) is 0 Å². The maximum atomic E-state index is 2.52. The van der Waals surface area contributed by atoms with Crippen LogP contribution in [0.5, 0.6) is 0 Å². The average Bonchev–Trinajstić information content (AvgIpc) is 3.30. The molecule has 0 saturated carbocycles. The van der Waals surface area contributed by atoms with Gasteiger partial charge >= 0.3 is 0 Å². The van der Waals surface area contributed by atoms with Crippen LogP contribution in [0.15, 0.2) is 182 Å². The van der Waals surface area contributed by atoms with E-state index in [4.69, 9.17) is 0 Å². The summed E-state index contributed by atoms with van der Waals surface area (Å²) in [6.45, 7) is 9.52. The normalized spacial score (nSPS) is 14.8. The highest BCUT2D eigenvalue weighted by Crippen LogP contribution is 2.56. The Bertz CT molecular complexity index is 3290. The summed E-state index contributed by atoms with van der Waals surface area (Å²) >= 11 is 0. The van der Waals surface area contributed by atoms with Gasteiger partial charge in [0, 0.05) is 47.4 Å². The molecule has 10 aromatic rings. The van der Waals surface area contributed by atoms with Gasteiger partial charge in [0.25, 0.3) is 0 Å². The number of anilines is 4. The first-order valence-corrected chi connectivity index (χ1v) is 22.0. The molecule has 0 bridgehead atoms. The maximum absolute atomic E-state index is 2.52. The molecule has 0 fully saturated rings. The Morgan fingerprint density at radius 2 is 0.661 bits per heavy atom. The van der Waals surface area contributed by atoms with E-state index in [9.17, 15) is 0 Å². The average molecular weight is 797 g/mol. The van der Waals surface area contributed by atoms with Gasteiger partial charge < -0.3 is 9.80 Å². The molecule has 2 nitrogen and oxygen atoms in total. The summed E-state index contributed by atoms with van der Waals surface area (Å²) < 4.78 is 0. The molecule has 0 atom stereocenters. The molecule has 0 unspecified atom stereocenters. The van der Waals surface area contributed by atoms with Crippen LogP contribution in [-0.4, -0.2) is 14.1 Å². The molecule has 0 N–H and O–H groups in total. The van der Waals surface area contributed by atoms with Crippen molar-refractivity contribution >= 4 is 65.8 Å². The van der Waals surface area contributed by atoms with Crippen molar-refractivity contribution in [2.24, 2.45) is 0 Å². The summed E-state index contributed by atoms with van der Waals surface area (Å²) in [5.41, 5.74) is 17.7. The van der Waals surface area contributed by atoms with Gasteiger partial charge in [-0.1, -0.05) is 185 Å². The van der Waals surface area contributed by atoms with Gasteiger partial charge in [0.1, 0.15) is 0 Å². The summed E-state index contributed by atoms with van der Waals surface area (Å²) in [5.74, 6) is 0. The topological polar surface area (TPSA) is 6.48 Å². The molecular formula is C60H48N2. The molecule has 0 saturated heterocycles. The van der Waals surface area contributed by atoms with Crippen molar-refractivity contribution in [3.05, 3.63) is 204 Å². The van der Waals surface area contributed by atoms with E-state index in [1.54, 1.807) is 0 Å². The lowest BCUT2D eigenvalue weighted by Gasteiger charge is -2.41. The number of hydrogen-bond acceptors (Lipinski definition) is 2. The molecule has 2 aliphatic heterocycles. The Morgan fingerprint density at radius 1 is 0.306 bits per heavy atom. The standard InChI is InChI=1S/C60H48N2/c1-59(2)49-29-11-13-33-53(49)61(5)57-45(27-17-31-51(57)59)41-23-15-25-43-47(41)36-48-42(46-28-18-32-52-58(46)62(6)54-34-14-12-30-50(54)60(52,3)4)24-16-26-44(48)56(43)55-39-21-9-7-19-37(39)35-38-20-8-10-22-40(38)55/h7-36H,1-6H3. The molecule has 62 heavy (non-hydrogen) atoms. The minimum atomic E-state index is -0.170. The Labute approximate surface area is 364 Å². The van der Waals surface area contributed by atoms with E-state index < -0.39 is 0 Å². The third-order valence-corrected chi connectivity index (χ3v) is 14.6. The molecule has 0 aliphatic carbocycles. The third-order valence-electron chi connectivity index (χ3n) is 14.6. The summed E-state index contributed by atoms with van der Waals surface area (Å²) in [5, 5.41) is 10.0. The minimum Gasteiger partial charge on any atom is -0.344 e. The smallest absolute Gasteiger partial charge is 0.0529 e. The van der Waals surface area contributed by atoms with Crippen molar-refractivity contribution in [2.75, 3.05) is 23.9 Å². The lowest BCUT2D eigenvalue weighted by Crippen LogP contribution is -2.31. The highest BCUT2D eigenvalue weighted by atomic mass is 15.1. The predicted octanol–water partition coefficient (Wildman–Crippen LogP) is 16.1. The Hall–Kier alpha value is -7.16. The van der Waals surface area contributed by atoms with Crippen LogP contribution >= 0.6 is 0 Å². The SMILES string of the molecule is CN1c2ccccc2C(C)(C)c2cccc(-c3cccc4c(-c5c6ccccc6cc6ccccc56)c5cccc(-c6cccc7c6N(C)c6ccccc6C7(C)C)c5cc34)c21. The van der Waals surface area contributed by atoms with E-state index in [0.29, 0.717) is 0 Å². The first kappa shape index (κ1) is 36.7.